The summed E-state index contributed by atoms with van der Waals surface area (Å²) in [5, 5.41) is 4.89. The van der Waals surface area contributed by atoms with Gasteiger partial charge in [-0.1, -0.05) is 24.3 Å². The Kier molecular flexibility index (Phi) is 3.98. The zero-order chi connectivity index (χ0) is 15.6. The van der Waals surface area contributed by atoms with Crippen molar-refractivity contribution in [1.29, 1.82) is 0 Å². The number of carbonyl (C=O) groups excluding carboxylic acids is 2. The fourth-order valence-corrected chi connectivity index (χ4v) is 3.31. The van der Waals surface area contributed by atoms with Crippen molar-refractivity contribution in [2.24, 2.45) is 0 Å². The van der Waals surface area contributed by atoms with E-state index in [1.54, 1.807) is 30.4 Å². The molecular formula is C17H17NO3S. The minimum Gasteiger partial charge on any atom is -0.445 e. The Bertz CT molecular complexity index is 696. The second-order valence-corrected chi connectivity index (χ2v) is 6.57. The van der Waals surface area contributed by atoms with Crippen LogP contribution in [0.3, 0.4) is 0 Å². The summed E-state index contributed by atoms with van der Waals surface area (Å²) in [5.41, 5.74) is 0.266. The molecule has 1 unspecified atom stereocenters. The van der Waals surface area contributed by atoms with Crippen LogP contribution in [0.25, 0.3) is 0 Å². The van der Waals surface area contributed by atoms with Gasteiger partial charge in [0.2, 0.25) is 0 Å². The number of thiophene rings is 1. The summed E-state index contributed by atoms with van der Waals surface area (Å²) in [4.78, 5) is 25.7. The molecule has 1 aromatic heterocycles. The summed E-state index contributed by atoms with van der Waals surface area (Å²) in [6.45, 7) is 2.20. The number of carbonyl (C=O) groups is 2. The molecule has 0 fully saturated rings. The first-order chi connectivity index (χ1) is 10.6. The van der Waals surface area contributed by atoms with E-state index in [0.717, 1.165) is 12.0 Å². The monoisotopic (exact) mass is 315 g/mol. The van der Waals surface area contributed by atoms with Crippen LogP contribution in [0.1, 0.15) is 27.7 Å². The van der Waals surface area contributed by atoms with Crippen molar-refractivity contribution in [3.05, 3.63) is 57.8 Å². The molecule has 0 bridgehead atoms. The zero-order valence-corrected chi connectivity index (χ0v) is 13.1. The van der Waals surface area contributed by atoms with Gasteiger partial charge in [0.25, 0.3) is 5.91 Å². The summed E-state index contributed by atoms with van der Waals surface area (Å²) in [6.07, 6.45) is 1.18. The van der Waals surface area contributed by atoms with Gasteiger partial charge in [-0.25, -0.2) is 4.79 Å². The fraction of sp³-hybridized carbons (Fsp3) is 0.294. The standard InChI is InChI=1S/C17H17NO3S/c1-17(16(20)18-9-8-13-6-4-10-22-13)11-12-5-2-3-7-14(12)15(19)21-17/h2-7,10H,8-9,11H2,1H3,(H,18,20). The van der Waals surface area contributed by atoms with E-state index in [4.69, 9.17) is 4.74 Å². The smallest absolute Gasteiger partial charge is 0.339 e. The van der Waals surface area contributed by atoms with E-state index in [1.807, 2.05) is 29.6 Å². The maximum atomic E-state index is 12.4. The number of nitrogens with one attached hydrogen (secondary N) is 1. The highest BCUT2D eigenvalue weighted by atomic mass is 32.1. The van der Waals surface area contributed by atoms with Crippen LogP contribution < -0.4 is 5.32 Å². The van der Waals surface area contributed by atoms with E-state index in [-0.39, 0.29) is 5.91 Å². The second kappa shape index (κ2) is 5.93. The van der Waals surface area contributed by atoms with E-state index in [9.17, 15) is 9.59 Å². The Morgan fingerprint density at radius 2 is 2.14 bits per heavy atom. The molecule has 0 saturated heterocycles. The zero-order valence-electron chi connectivity index (χ0n) is 12.3. The number of esters is 1. The number of rotatable bonds is 4. The van der Waals surface area contributed by atoms with Crippen molar-refractivity contribution >= 4 is 23.2 Å². The normalized spacial score (nSPS) is 20.1. The molecule has 1 aliphatic heterocycles. The largest absolute Gasteiger partial charge is 0.445 e. The van der Waals surface area contributed by atoms with Gasteiger partial charge in [0.1, 0.15) is 0 Å². The van der Waals surface area contributed by atoms with E-state index in [2.05, 4.69) is 5.32 Å². The Hall–Kier alpha value is -2.14. The van der Waals surface area contributed by atoms with Gasteiger partial charge in [-0.3, -0.25) is 4.79 Å². The quantitative estimate of drug-likeness (QED) is 0.882. The third-order valence-electron chi connectivity index (χ3n) is 3.80. The molecule has 1 N–H and O–H groups in total. The maximum absolute atomic E-state index is 12.4. The molecule has 2 aromatic rings. The number of cyclic esters (lactones) is 1. The molecule has 5 heteroatoms. The molecular weight excluding hydrogens is 298 g/mol. The van der Waals surface area contributed by atoms with Crippen LogP contribution >= 0.6 is 11.3 Å². The van der Waals surface area contributed by atoms with Gasteiger partial charge in [0, 0.05) is 17.8 Å². The number of fused-ring (bicyclic) bond motifs is 1. The lowest BCUT2D eigenvalue weighted by atomic mass is 9.89. The van der Waals surface area contributed by atoms with Gasteiger partial charge in [0.15, 0.2) is 5.60 Å². The van der Waals surface area contributed by atoms with E-state index in [0.29, 0.717) is 18.5 Å². The van der Waals surface area contributed by atoms with Crippen LogP contribution in [0.4, 0.5) is 0 Å². The highest BCUT2D eigenvalue weighted by Gasteiger charge is 2.42. The first-order valence-electron chi connectivity index (χ1n) is 7.20. The first kappa shape index (κ1) is 14.8. The van der Waals surface area contributed by atoms with Gasteiger partial charge in [-0.15, -0.1) is 11.3 Å². The number of hydrogen-bond acceptors (Lipinski definition) is 4. The molecule has 0 saturated carbocycles. The molecule has 1 atom stereocenters. The molecule has 1 amide bonds. The Morgan fingerprint density at radius 1 is 1.32 bits per heavy atom. The van der Waals surface area contributed by atoms with Crippen molar-refractivity contribution in [2.75, 3.05) is 6.54 Å². The van der Waals surface area contributed by atoms with Crippen molar-refractivity contribution in [1.82, 2.24) is 5.32 Å². The molecule has 2 heterocycles. The molecule has 1 aliphatic rings. The summed E-state index contributed by atoms with van der Waals surface area (Å²) in [6, 6.07) is 11.3. The average Bonchev–Trinajstić information content (AvgIpc) is 3.00. The van der Waals surface area contributed by atoms with Gasteiger partial charge >= 0.3 is 5.97 Å². The van der Waals surface area contributed by atoms with Gasteiger partial charge in [-0.2, -0.15) is 0 Å². The third-order valence-corrected chi connectivity index (χ3v) is 4.74. The average molecular weight is 315 g/mol. The lowest BCUT2D eigenvalue weighted by Crippen LogP contribution is -2.52. The molecule has 4 nitrogen and oxygen atoms in total. The summed E-state index contributed by atoms with van der Waals surface area (Å²) >= 11 is 1.66. The highest BCUT2D eigenvalue weighted by Crippen LogP contribution is 2.28. The lowest BCUT2D eigenvalue weighted by Gasteiger charge is -2.33. The summed E-state index contributed by atoms with van der Waals surface area (Å²) in [5.74, 6) is -0.676. The maximum Gasteiger partial charge on any atom is 0.339 e. The second-order valence-electron chi connectivity index (χ2n) is 5.54. The molecule has 114 valence electrons. The fourth-order valence-electron chi connectivity index (χ4n) is 2.60. The SMILES string of the molecule is CC1(C(=O)NCCc2cccs2)Cc2ccccc2C(=O)O1. The predicted octanol–water partition coefficient (Wildman–Crippen LogP) is 2.58. The van der Waals surface area contributed by atoms with Crippen molar-refractivity contribution in [2.45, 2.75) is 25.4 Å². The third kappa shape index (κ3) is 2.90. The molecule has 3 rings (SSSR count). The molecule has 22 heavy (non-hydrogen) atoms. The van der Waals surface area contributed by atoms with Crippen molar-refractivity contribution < 1.29 is 14.3 Å². The number of ether oxygens (including phenoxy) is 1. The van der Waals surface area contributed by atoms with Crippen LogP contribution in [0, 0.1) is 0 Å². The Balaban J connectivity index is 1.66. The minimum atomic E-state index is -1.14. The van der Waals surface area contributed by atoms with Gasteiger partial charge in [0.05, 0.1) is 5.56 Å². The Labute approximate surface area is 133 Å². The van der Waals surface area contributed by atoms with Crippen LogP contribution in [-0.4, -0.2) is 24.0 Å². The molecule has 0 spiro atoms. The van der Waals surface area contributed by atoms with Crippen LogP contribution in [0.5, 0.6) is 0 Å². The van der Waals surface area contributed by atoms with Gasteiger partial charge < -0.3 is 10.1 Å². The van der Waals surface area contributed by atoms with Gasteiger partial charge in [-0.05, 0) is 36.4 Å². The predicted molar refractivity (Wildman–Crippen MR) is 85.0 cm³/mol. The van der Waals surface area contributed by atoms with Crippen LogP contribution in [0.15, 0.2) is 41.8 Å². The lowest BCUT2D eigenvalue weighted by molar-refractivity contribution is -0.139. The molecule has 1 aromatic carbocycles. The summed E-state index contributed by atoms with van der Waals surface area (Å²) < 4.78 is 5.40. The van der Waals surface area contributed by atoms with Crippen molar-refractivity contribution in [3.8, 4) is 0 Å². The number of amides is 1. The number of hydrogen-bond donors (Lipinski definition) is 1. The van der Waals surface area contributed by atoms with E-state index in [1.165, 1.54) is 4.88 Å². The highest BCUT2D eigenvalue weighted by molar-refractivity contribution is 7.09. The topological polar surface area (TPSA) is 55.4 Å². The first-order valence-corrected chi connectivity index (χ1v) is 8.08. The number of benzene rings is 1. The van der Waals surface area contributed by atoms with E-state index < -0.39 is 11.6 Å². The van der Waals surface area contributed by atoms with Crippen LogP contribution in [0.2, 0.25) is 0 Å². The summed E-state index contributed by atoms with van der Waals surface area (Å²) in [7, 11) is 0. The van der Waals surface area contributed by atoms with E-state index >= 15 is 0 Å². The van der Waals surface area contributed by atoms with Crippen LogP contribution in [-0.2, 0) is 22.4 Å². The minimum absolute atomic E-state index is 0.244. The molecule has 0 aliphatic carbocycles. The Morgan fingerprint density at radius 3 is 2.91 bits per heavy atom. The van der Waals surface area contributed by atoms with Crippen molar-refractivity contribution in [3.63, 3.8) is 0 Å². The molecule has 0 radical (unpaired) electrons.